The Bertz CT molecular complexity index is 102. The highest BCUT2D eigenvalue weighted by molar-refractivity contribution is 4.78. The van der Waals surface area contributed by atoms with Crippen LogP contribution < -0.4 is 0 Å². The van der Waals surface area contributed by atoms with Gasteiger partial charge < -0.3 is 4.90 Å². The Kier molecular flexibility index (Phi) is 8.57. The van der Waals surface area contributed by atoms with Crippen molar-refractivity contribution in [2.24, 2.45) is 0 Å². The zero-order valence-corrected chi connectivity index (χ0v) is 8.84. The SMILES string of the molecule is C/C=C\CCN(CCC)CCC. The zero-order chi connectivity index (χ0) is 9.23. The van der Waals surface area contributed by atoms with Crippen LogP contribution in [0.5, 0.6) is 0 Å². The lowest BCUT2D eigenvalue weighted by atomic mass is 10.3. The van der Waals surface area contributed by atoms with Crippen LogP contribution in [0.1, 0.15) is 40.0 Å². The van der Waals surface area contributed by atoms with Crippen LogP contribution in [0, 0.1) is 0 Å². The van der Waals surface area contributed by atoms with Crippen molar-refractivity contribution < 1.29 is 0 Å². The summed E-state index contributed by atoms with van der Waals surface area (Å²) in [4.78, 5) is 2.54. The fourth-order valence-corrected chi connectivity index (χ4v) is 1.39. The third-order valence-corrected chi connectivity index (χ3v) is 1.93. The normalized spacial score (nSPS) is 11.7. The summed E-state index contributed by atoms with van der Waals surface area (Å²) in [6, 6.07) is 0. The largest absolute Gasteiger partial charge is 0.303 e. The molecule has 0 radical (unpaired) electrons. The van der Waals surface area contributed by atoms with Gasteiger partial charge in [-0.25, -0.2) is 0 Å². The van der Waals surface area contributed by atoms with Gasteiger partial charge in [-0.05, 0) is 39.3 Å². The first-order valence-corrected chi connectivity index (χ1v) is 5.18. The fraction of sp³-hybridized carbons (Fsp3) is 0.818. The number of nitrogens with zero attached hydrogens (tertiary/aromatic N) is 1. The second kappa shape index (κ2) is 8.79. The quantitative estimate of drug-likeness (QED) is 0.529. The van der Waals surface area contributed by atoms with Gasteiger partial charge in [-0.3, -0.25) is 0 Å². The lowest BCUT2D eigenvalue weighted by Crippen LogP contribution is -2.26. The van der Waals surface area contributed by atoms with Crippen LogP contribution in [-0.2, 0) is 0 Å². The third kappa shape index (κ3) is 6.41. The Hall–Kier alpha value is -0.300. The second-order valence-electron chi connectivity index (χ2n) is 3.20. The van der Waals surface area contributed by atoms with E-state index >= 15 is 0 Å². The zero-order valence-electron chi connectivity index (χ0n) is 8.84. The van der Waals surface area contributed by atoms with Crippen molar-refractivity contribution in [3.8, 4) is 0 Å². The molecule has 0 atom stereocenters. The van der Waals surface area contributed by atoms with E-state index in [9.17, 15) is 0 Å². The molecule has 0 rings (SSSR count). The summed E-state index contributed by atoms with van der Waals surface area (Å²) >= 11 is 0. The Morgan fingerprint density at radius 2 is 1.58 bits per heavy atom. The van der Waals surface area contributed by atoms with Crippen LogP contribution in [-0.4, -0.2) is 24.5 Å². The van der Waals surface area contributed by atoms with E-state index < -0.39 is 0 Å². The summed E-state index contributed by atoms with van der Waals surface area (Å²) in [6.07, 6.45) is 8.14. The van der Waals surface area contributed by atoms with Crippen molar-refractivity contribution in [3.05, 3.63) is 12.2 Å². The Balaban J connectivity index is 3.47. The minimum Gasteiger partial charge on any atom is -0.303 e. The highest BCUT2D eigenvalue weighted by atomic mass is 15.1. The van der Waals surface area contributed by atoms with Gasteiger partial charge in [0.1, 0.15) is 0 Å². The monoisotopic (exact) mass is 169 g/mol. The minimum atomic E-state index is 1.20. The van der Waals surface area contributed by atoms with E-state index in [1.54, 1.807) is 0 Å². The molecule has 0 aromatic heterocycles. The number of rotatable bonds is 7. The maximum absolute atomic E-state index is 2.54. The van der Waals surface area contributed by atoms with Crippen molar-refractivity contribution >= 4 is 0 Å². The lowest BCUT2D eigenvalue weighted by Gasteiger charge is -2.19. The third-order valence-electron chi connectivity index (χ3n) is 1.93. The molecule has 0 saturated heterocycles. The van der Waals surface area contributed by atoms with Gasteiger partial charge in [0.2, 0.25) is 0 Å². The van der Waals surface area contributed by atoms with Gasteiger partial charge in [-0.2, -0.15) is 0 Å². The van der Waals surface area contributed by atoms with E-state index in [2.05, 4.69) is 37.8 Å². The van der Waals surface area contributed by atoms with Gasteiger partial charge in [0.05, 0.1) is 0 Å². The van der Waals surface area contributed by atoms with Gasteiger partial charge in [-0.1, -0.05) is 26.0 Å². The van der Waals surface area contributed by atoms with Gasteiger partial charge in [0, 0.05) is 6.54 Å². The Labute approximate surface area is 77.5 Å². The van der Waals surface area contributed by atoms with Crippen LogP contribution in [0.4, 0.5) is 0 Å². The molecule has 0 saturated carbocycles. The molecule has 0 heterocycles. The van der Waals surface area contributed by atoms with Crippen LogP contribution in [0.2, 0.25) is 0 Å². The fourth-order valence-electron chi connectivity index (χ4n) is 1.39. The molecule has 0 bridgehead atoms. The lowest BCUT2D eigenvalue weighted by molar-refractivity contribution is 0.280. The molecule has 0 unspecified atom stereocenters. The Morgan fingerprint density at radius 3 is 2.00 bits per heavy atom. The van der Waals surface area contributed by atoms with Crippen LogP contribution in [0.15, 0.2) is 12.2 Å². The summed E-state index contributed by atoms with van der Waals surface area (Å²) in [7, 11) is 0. The van der Waals surface area contributed by atoms with E-state index in [0.717, 1.165) is 0 Å². The molecule has 72 valence electrons. The van der Waals surface area contributed by atoms with Crippen molar-refractivity contribution in [1.82, 2.24) is 4.90 Å². The van der Waals surface area contributed by atoms with Crippen LogP contribution in [0.25, 0.3) is 0 Å². The number of allylic oxidation sites excluding steroid dienone is 1. The van der Waals surface area contributed by atoms with Gasteiger partial charge in [-0.15, -0.1) is 0 Å². The van der Waals surface area contributed by atoms with E-state index in [1.807, 2.05) is 0 Å². The highest BCUT2D eigenvalue weighted by Gasteiger charge is 1.99. The summed E-state index contributed by atoms with van der Waals surface area (Å²) in [5.74, 6) is 0. The van der Waals surface area contributed by atoms with Crippen molar-refractivity contribution in [1.29, 1.82) is 0 Å². The topological polar surface area (TPSA) is 3.24 Å². The summed E-state index contributed by atoms with van der Waals surface area (Å²) < 4.78 is 0. The predicted molar refractivity (Wildman–Crippen MR) is 56.5 cm³/mol. The molecule has 0 aliphatic rings. The van der Waals surface area contributed by atoms with Crippen molar-refractivity contribution in [2.45, 2.75) is 40.0 Å². The number of hydrogen-bond donors (Lipinski definition) is 0. The van der Waals surface area contributed by atoms with Crippen molar-refractivity contribution in [2.75, 3.05) is 19.6 Å². The second-order valence-corrected chi connectivity index (χ2v) is 3.20. The summed E-state index contributed by atoms with van der Waals surface area (Å²) in [5.41, 5.74) is 0. The van der Waals surface area contributed by atoms with E-state index in [-0.39, 0.29) is 0 Å². The summed E-state index contributed by atoms with van der Waals surface area (Å²) in [5, 5.41) is 0. The smallest absolute Gasteiger partial charge is 0.00159 e. The van der Waals surface area contributed by atoms with Crippen LogP contribution >= 0.6 is 0 Å². The predicted octanol–water partition coefficient (Wildman–Crippen LogP) is 3.07. The molecule has 1 nitrogen and oxygen atoms in total. The molecule has 0 aliphatic carbocycles. The standard InChI is InChI=1S/C11H23N/c1-4-7-8-11-12(9-5-2)10-6-3/h4,7H,5-6,8-11H2,1-3H3/b7-4-. The average molecular weight is 169 g/mol. The molecule has 0 fully saturated rings. The molecule has 0 N–H and O–H groups in total. The average Bonchev–Trinajstić information content (AvgIpc) is 2.06. The molecule has 0 spiro atoms. The molecule has 0 amide bonds. The van der Waals surface area contributed by atoms with E-state index in [4.69, 9.17) is 0 Å². The van der Waals surface area contributed by atoms with Gasteiger partial charge in [0.25, 0.3) is 0 Å². The van der Waals surface area contributed by atoms with Gasteiger partial charge >= 0.3 is 0 Å². The first-order chi connectivity index (χ1) is 5.85. The Morgan fingerprint density at radius 1 is 1.00 bits per heavy atom. The minimum absolute atomic E-state index is 1.20. The molecule has 0 aliphatic heterocycles. The molecule has 1 heteroatoms. The molecular formula is C11H23N. The highest BCUT2D eigenvalue weighted by Crippen LogP contribution is 1.96. The van der Waals surface area contributed by atoms with E-state index in [1.165, 1.54) is 38.9 Å². The molecular weight excluding hydrogens is 146 g/mol. The number of hydrogen-bond acceptors (Lipinski definition) is 1. The summed E-state index contributed by atoms with van der Waals surface area (Å²) in [6.45, 7) is 10.3. The van der Waals surface area contributed by atoms with Crippen molar-refractivity contribution in [3.63, 3.8) is 0 Å². The first kappa shape index (κ1) is 11.7. The van der Waals surface area contributed by atoms with Crippen LogP contribution in [0.3, 0.4) is 0 Å². The molecule has 12 heavy (non-hydrogen) atoms. The van der Waals surface area contributed by atoms with E-state index in [0.29, 0.717) is 0 Å². The maximum Gasteiger partial charge on any atom is 0.00159 e. The van der Waals surface area contributed by atoms with Gasteiger partial charge in [0.15, 0.2) is 0 Å². The molecule has 0 aromatic carbocycles. The molecule has 0 aromatic rings. The maximum atomic E-state index is 2.54. The first-order valence-electron chi connectivity index (χ1n) is 5.18.